The Labute approximate surface area is 99.9 Å². The van der Waals surface area contributed by atoms with Gasteiger partial charge in [0.15, 0.2) is 6.61 Å². The smallest absolute Gasteiger partial charge is 0.309 e. The highest BCUT2D eigenvalue weighted by Gasteiger charge is 2.22. The first kappa shape index (κ1) is 13.5. The third kappa shape index (κ3) is 5.33. The number of hydrogen-bond acceptors (Lipinski definition) is 4. The molecule has 0 unspecified atom stereocenters. The molecule has 1 fully saturated rings. The Hall–Kier alpha value is -1.59. The lowest BCUT2D eigenvalue weighted by atomic mass is 9.89. The molecule has 1 saturated carbocycles. The first-order valence-corrected chi connectivity index (χ1v) is 5.81. The van der Waals surface area contributed by atoms with Crippen molar-refractivity contribution in [3.05, 3.63) is 0 Å². The minimum absolute atomic E-state index is 0.0762. The van der Waals surface area contributed by atoms with Gasteiger partial charge in [0.1, 0.15) is 0 Å². The van der Waals surface area contributed by atoms with Gasteiger partial charge in [-0.25, -0.2) is 0 Å². The zero-order valence-electron chi connectivity index (χ0n) is 9.74. The maximum Gasteiger partial charge on any atom is 0.309 e. The number of esters is 1. The van der Waals surface area contributed by atoms with Gasteiger partial charge in [-0.05, 0) is 12.8 Å². The molecule has 0 aromatic carbocycles. The number of carbonyl (C=O) groups excluding carboxylic acids is 3. The summed E-state index contributed by atoms with van der Waals surface area (Å²) in [5.74, 6) is -1.53. The first-order valence-electron chi connectivity index (χ1n) is 5.81. The molecule has 6 nitrogen and oxygen atoms in total. The summed E-state index contributed by atoms with van der Waals surface area (Å²) in [6, 6.07) is 0. The number of ether oxygens (including phenoxy) is 1. The van der Waals surface area contributed by atoms with Crippen LogP contribution in [0.5, 0.6) is 0 Å². The largest absolute Gasteiger partial charge is 0.455 e. The summed E-state index contributed by atoms with van der Waals surface area (Å²) in [5.41, 5.74) is 4.85. The molecule has 6 heteroatoms. The Morgan fingerprint density at radius 2 is 1.82 bits per heavy atom. The van der Waals surface area contributed by atoms with Crippen molar-refractivity contribution >= 4 is 17.8 Å². The Morgan fingerprint density at radius 1 is 1.18 bits per heavy atom. The van der Waals surface area contributed by atoms with Crippen molar-refractivity contribution in [2.45, 2.75) is 32.1 Å². The highest BCUT2D eigenvalue weighted by molar-refractivity contribution is 5.85. The van der Waals surface area contributed by atoms with Crippen molar-refractivity contribution in [3.8, 4) is 0 Å². The highest BCUT2D eigenvalue weighted by Crippen LogP contribution is 2.24. The van der Waals surface area contributed by atoms with Crippen LogP contribution in [0.2, 0.25) is 0 Å². The average molecular weight is 242 g/mol. The molecule has 1 aliphatic rings. The molecule has 0 radical (unpaired) electrons. The average Bonchev–Trinajstić information content (AvgIpc) is 2.34. The molecule has 0 bridgehead atoms. The minimum Gasteiger partial charge on any atom is -0.455 e. The maximum atomic E-state index is 11.5. The van der Waals surface area contributed by atoms with E-state index in [9.17, 15) is 14.4 Å². The fourth-order valence-corrected chi connectivity index (χ4v) is 1.83. The van der Waals surface area contributed by atoms with Gasteiger partial charge in [-0.1, -0.05) is 19.3 Å². The molecule has 2 amide bonds. The second-order valence-corrected chi connectivity index (χ2v) is 4.19. The van der Waals surface area contributed by atoms with Gasteiger partial charge in [0.25, 0.3) is 5.91 Å². The van der Waals surface area contributed by atoms with E-state index >= 15 is 0 Å². The molecule has 1 rings (SSSR count). The van der Waals surface area contributed by atoms with Crippen molar-refractivity contribution in [1.82, 2.24) is 5.32 Å². The van der Waals surface area contributed by atoms with E-state index in [0.717, 1.165) is 32.1 Å². The van der Waals surface area contributed by atoms with Crippen molar-refractivity contribution in [2.24, 2.45) is 11.7 Å². The predicted molar refractivity (Wildman–Crippen MR) is 59.7 cm³/mol. The van der Waals surface area contributed by atoms with Gasteiger partial charge in [-0.15, -0.1) is 0 Å². The molecule has 0 aliphatic heterocycles. The molecule has 0 saturated heterocycles. The lowest BCUT2D eigenvalue weighted by Crippen LogP contribution is -2.36. The van der Waals surface area contributed by atoms with Crippen molar-refractivity contribution in [1.29, 1.82) is 0 Å². The van der Waals surface area contributed by atoms with E-state index in [1.807, 2.05) is 0 Å². The van der Waals surface area contributed by atoms with Crippen LogP contribution in [0.4, 0.5) is 0 Å². The van der Waals surface area contributed by atoms with Crippen molar-refractivity contribution < 1.29 is 19.1 Å². The lowest BCUT2D eigenvalue weighted by Gasteiger charge is -2.19. The number of carbonyl (C=O) groups is 3. The zero-order chi connectivity index (χ0) is 12.7. The molecule has 3 N–H and O–H groups in total. The Balaban J connectivity index is 2.18. The first-order chi connectivity index (χ1) is 8.09. The molecule has 0 spiro atoms. The van der Waals surface area contributed by atoms with Gasteiger partial charge < -0.3 is 15.8 Å². The Bertz CT molecular complexity index is 298. The van der Waals surface area contributed by atoms with E-state index in [1.165, 1.54) is 0 Å². The monoisotopic (exact) mass is 242 g/mol. The molecule has 1 aliphatic carbocycles. The summed E-state index contributed by atoms with van der Waals surface area (Å²) in [4.78, 5) is 33.1. The molecule has 17 heavy (non-hydrogen) atoms. The second kappa shape index (κ2) is 6.88. The van der Waals surface area contributed by atoms with Crippen LogP contribution in [0.15, 0.2) is 0 Å². The molecule has 0 aromatic heterocycles. The molecular formula is C11H18N2O4. The molecule has 0 aromatic rings. The molecule has 0 heterocycles. The Morgan fingerprint density at radius 3 is 2.41 bits per heavy atom. The van der Waals surface area contributed by atoms with Gasteiger partial charge in [-0.3, -0.25) is 14.4 Å². The zero-order valence-corrected chi connectivity index (χ0v) is 9.74. The highest BCUT2D eigenvalue weighted by atomic mass is 16.5. The topological polar surface area (TPSA) is 98.5 Å². The quantitative estimate of drug-likeness (QED) is 0.647. The molecule has 96 valence electrons. The summed E-state index contributed by atoms with van der Waals surface area (Å²) in [5, 5.41) is 2.25. The van der Waals surface area contributed by atoms with E-state index in [0.29, 0.717) is 0 Å². The third-order valence-electron chi connectivity index (χ3n) is 2.74. The fraction of sp³-hybridized carbons (Fsp3) is 0.727. The van der Waals surface area contributed by atoms with E-state index < -0.39 is 11.8 Å². The van der Waals surface area contributed by atoms with Crippen molar-refractivity contribution in [2.75, 3.05) is 13.2 Å². The number of nitrogens with two attached hydrogens (primary N) is 1. The van der Waals surface area contributed by atoms with E-state index in [2.05, 4.69) is 5.32 Å². The predicted octanol–water partition coefficient (Wildman–Crippen LogP) is -0.289. The van der Waals surface area contributed by atoms with Crippen LogP contribution in [0.3, 0.4) is 0 Å². The summed E-state index contributed by atoms with van der Waals surface area (Å²) < 4.78 is 4.87. The van der Waals surface area contributed by atoms with Crippen LogP contribution in [-0.4, -0.2) is 30.9 Å². The fourth-order valence-electron chi connectivity index (χ4n) is 1.83. The number of hydrogen-bond donors (Lipinski definition) is 2. The normalized spacial score (nSPS) is 16.2. The van der Waals surface area contributed by atoms with Gasteiger partial charge in [0, 0.05) is 0 Å². The summed E-state index contributed by atoms with van der Waals surface area (Å²) in [6.45, 7) is -0.581. The van der Waals surface area contributed by atoms with Crippen LogP contribution in [-0.2, 0) is 19.1 Å². The summed E-state index contributed by atoms with van der Waals surface area (Å²) >= 11 is 0. The van der Waals surface area contributed by atoms with Crippen LogP contribution >= 0.6 is 0 Å². The van der Waals surface area contributed by atoms with Gasteiger partial charge in [-0.2, -0.15) is 0 Å². The minimum atomic E-state index is -0.628. The lowest BCUT2D eigenvalue weighted by molar-refractivity contribution is -0.153. The van der Waals surface area contributed by atoms with E-state index in [-0.39, 0.29) is 25.0 Å². The van der Waals surface area contributed by atoms with E-state index in [4.69, 9.17) is 10.5 Å². The maximum absolute atomic E-state index is 11.5. The standard InChI is InChI=1S/C11H18N2O4/c12-9(14)6-13-10(15)7-17-11(16)8-4-2-1-3-5-8/h8H,1-7H2,(H2,12,14)(H,13,15). The Kier molecular flexibility index (Phi) is 5.45. The number of amides is 2. The van der Waals surface area contributed by atoms with Gasteiger partial charge in [0.2, 0.25) is 5.91 Å². The molecule has 0 atom stereocenters. The van der Waals surface area contributed by atoms with Crippen LogP contribution in [0, 0.1) is 5.92 Å². The number of rotatable bonds is 5. The summed E-state index contributed by atoms with van der Waals surface area (Å²) in [6.07, 6.45) is 4.90. The number of primary amides is 1. The van der Waals surface area contributed by atoms with Gasteiger partial charge >= 0.3 is 5.97 Å². The SMILES string of the molecule is NC(=O)CNC(=O)COC(=O)C1CCCCC1. The second-order valence-electron chi connectivity index (χ2n) is 4.19. The van der Waals surface area contributed by atoms with Crippen molar-refractivity contribution in [3.63, 3.8) is 0 Å². The van der Waals surface area contributed by atoms with Crippen LogP contribution < -0.4 is 11.1 Å². The number of nitrogens with one attached hydrogen (secondary N) is 1. The van der Waals surface area contributed by atoms with Crippen LogP contribution in [0.25, 0.3) is 0 Å². The van der Waals surface area contributed by atoms with Crippen LogP contribution in [0.1, 0.15) is 32.1 Å². The molecular weight excluding hydrogens is 224 g/mol. The van der Waals surface area contributed by atoms with Gasteiger partial charge in [0.05, 0.1) is 12.5 Å². The van der Waals surface area contributed by atoms with E-state index in [1.54, 1.807) is 0 Å². The third-order valence-corrected chi connectivity index (χ3v) is 2.74. The summed E-state index contributed by atoms with van der Waals surface area (Å²) in [7, 11) is 0.